The molecule has 1 aliphatic rings. The molecule has 0 saturated carbocycles. The van der Waals surface area contributed by atoms with Gasteiger partial charge in [0.05, 0.1) is 11.6 Å². The van der Waals surface area contributed by atoms with Crippen LogP contribution in [0.3, 0.4) is 0 Å². The summed E-state index contributed by atoms with van der Waals surface area (Å²) in [5.74, 6) is 0.740. The van der Waals surface area contributed by atoms with Crippen molar-refractivity contribution in [1.29, 1.82) is 0 Å². The summed E-state index contributed by atoms with van der Waals surface area (Å²) in [5.41, 5.74) is 2.24. The van der Waals surface area contributed by atoms with Crippen molar-refractivity contribution in [2.24, 2.45) is 0 Å². The van der Waals surface area contributed by atoms with Gasteiger partial charge in [0.1, 0.15) is 0 Å². The van der Waals surface area contributed by atoms with Gasteiger partial charge in [-0.3, -0.25) is 9.59 Å². The maximum atomic E-state index is 12.7. The first kappa shape index (κ1) is 20.1. The van der Waals surface area contributed by atoms with E-state index in [9.17, 15) is 9.59 Å². The van der Waals surface area contributed by atoms with Crippen molar-refractivity contribution in [3.63, 3.8) is 0 Å². The van der Waals surface area contributed by atoms with E-state index in [-0.39, 0.29) is 18.4 Å². The fourth-order valence-electron chi connectivity index (χ4n) is 3.41. The number of carbonyl (C=O) groups excluding carboxylic acids is 2. The van der Waals surface area contributed by atoms with Gasteiger partial charge in [0.2, 0.25) is 17.6 Å². The third kappa shape index (κ3) is 4.36. The number of halogens is 1. The molecule has 0 aliphatic carbocycles. The molecule has 2 amide bonds. The number of nitrogens with zero attached hydrogens (tertiary/aromatic N) is 4. The SMILES string of the molecule is CN(Cc1nc(-c2ccccc2Cl)no1)C(=O)c1ccc(CN2CCCC2=O)cc1. The Bertz CT molecular complexity index is 1060. The van der Waals surface area contributed by atoms with E-state index in [0.717, 1.165) is 18.5 Å². The van der Waals surface area contributed by atoms with Crippen LogP contribution in [0.4, 0.5) is 0 Å². The van der Waals surface area contributed by atoms with Crippen molar-refractivity contribution in [1.82, 2.24) is 19.9 Å². The summed E-state index contributed by atoms with van der Waals surface area (Å²) in [4.78, 5) is 32.2. The largest absolute Gasteiger partial charge is 0.338 e. The van der Waals surface area contributed by atoms with E-state index >= 15 is 0 Å². The number of aromatic nitrogens is 2. The van der Waals surface area contributed by atoms with Gasteiger partial charge >= 0.3 is 0 Å². The van der Waals surface area contributed by atoms with Crippen LogP contribution in [0.2, 0.25) is 5.02 Å². The molecule has 0 N–H and O–H groups in total. The lowest BCUT2D eigenvalue weighted by Gasteiger charge is -2.17. The lowest BCUT2D eigenvalue weighted by atomic mass is 10.1. The lowest BCUT2D eigenvalue weighted by molar-refractivity contribution is -0.128. The van der Waals surface area contributed by atoms with E-state index in [0.29, 0.717) is 40.8 Å². The Hall–Kier alpha value is -3.19. The molecular formula is C22H21ClN4O3. The van der Waals surface area contributed by atoms with E-state index in [1.807, 2.05) is 35.2 Å². The first-order valence-corrected chi connectivity index (χ1v) is 10.1. The summed E-state index contributed by atoms with van der Waals surface area (Å²) in [6, 6.07) is 14.6. The van der Waals surface area contributed by atoms with E-state index in [4.69, 9.17) is 16.1 Å². The molecule has 0 spiro atoms. The minimum Gasteiger partial charge on any atom is -0.338 e. The smallest absolute Gasteiger partial charge is 0.254 e. The second kappa shape index (κ2) is 8.67. The summed E-state index contributed by atoms with van der Waals surface area (Å²) >= 11 is 6.17. The van der Waals surface area contributed by atoms with Crippen LogP contribution >= 0.6 is 11.6 Å². The van der Waals surface area contributed by atoms with Gasteiger partial charge in [-0.1, -0.05) is 41.0 Å². The van der Waals surface area contributed by atoms with E-state index in [1.54, 1.807) is 25.2 Å². The normalized spacial score (nSPS) is 13.7. The molecule has 2 heterocycles. The van der Waals surface area contributed by atoms with E-state index in [2.05, 4.69) is 10.1 Å². The van der Waals surface area contributed by atoms with Crippen molar-refractivity contribution in [2.45, 2.75) is 25.9 Å². The third-order valence-corrected chi connectivity index (χ3v) is 5.38. The fraction of sp³-hybridized carbons (Fsp3) is 0.273. The van der Waals surface area contributed by atoms with Crippen LogP contribution in [0.1, 0.15) is 34.7 Å². The van der Waals surface area contributed by atoms with E-state index < -0.39 is 0 Å². The number of carbonyl (C=O) groups is 2. The number of benzene rings is 2. The Morgan fingerprint density at radius 2 is 1.97 bits per heavy atom. The number of hydrogen-bond donors (Lipinski definition) is 0. The molecule has 1 aromatic heterocycles. The number of amides is 2. The average Bonchev–Trinajstić information content (AvgIpc) is 3.37. The van der Waals surface area contributed by atoms with Crippen molar-refractivity contribution in [2.75, 3.05) is 13.6 Å². The van der Waals surface area contributed by atoms with Crippen LogP contribution in [0.5, 0.6) is 0 Å². The molecule has 0 atom stereocenters. The molecule has 30 heavy (non-hydrogen) atoms. The zero-order valence-electron chi connectivity index (χ0n) is 16.5. The zero-order valence-corrected chi connectivity index (χ0v) is 17.3. The molecule has 0 bridgehead atoms. The van der Waals surface area contributed by atoms with Gasteiger partial charge in [0.15, 0.2) is 0 Å². The first-order valence-electron chi connectivity index (χ1n) is 9.71. The van der Waals surface area contributed by atoms with Gasteiger partial charge in [-0.15, -0.1) is 0 Å². The topological polar surface area (TPSA) is 79.5 Å². The fourth-order valence-corrected chi connectivity index (χ4v) is 3.63. The van der Waals surface area contributed by atoms with Crippen molar-refractivity contribution < 1.29 is 14.1 Å². The highest BCUT2D eigenvalue weighted by molar-refractivity contribution is 6.33. The van der Waals surface area contributed by atoms with Gasteiger partial charge in [-0.2, -0.15) is 4.98 Å². The molecule has 2 aromatic carbocycles. The van der Waals surface area contributed by atoms with Gasteiger partial charge in [0.25, 0.3) is 5.91 Å². The van der Waals surface area contributed by atoms with E-state index in [1.165, 1.54) is 4.90 Å². The van der Waals surface area contributed by atoms with Crippen LogP contribution in [0.15, 0.2) is 53.1 Å². The van der Waals surface area contributed by atoms with Crippen LogP contribution < -0.4 is 0 Å². The first-order chi connectivity index (χ1) is 14.5. The Morgan fingerprint density at radius 1 is 1.20 bits per heavy atom. The predicted octanol–water partition coefficient (Wildman–Crippen LogP) is 3.78. The molecule has 1 fully saturated rings. The Morgan fingerprint density at radius 3 is 2.67 bits per heavy atom. The third-order valence-electron chi connectivity index (χ3n) is 5.05. The maximum Gasteiger partial charge on any atom is 0.254 e. The number of likely N-dealkylation sites (tertiary alicyclic amines) is 1. The molecular weight excluding hydrogens is 404 g/mol. The van der Waals surface area contributed by atoms with Gasteiger partial charge in [-0.25, -0.2) is 0 Å². The Balaban J connectivity index is 1.39. The second-order valence-corrected chi connectivity index (χ2v) is 7.68. The monoisotopic (exact) mass is 424 g/mol. The standard InChI is InChI=1S/C22H21ClN4O3/c1-26(14-19-24-21(25-30-19)17-5-2-3-6-18(17)23)22(29)16-10-8-15(9-11-16)13-27-12-4-7-20(27)28/h2-3,5-6,8-11H,4,7,12-14H2,1H3. The quantitative estimate of drug-likeness (QED) is 0.601. The molecule has 3 aromatic rings. The molecule has 1 aliphatic heterocycles. The van der Waals surface area contributed by atoms with Gasteiger partial charge < -0.3 is 14.3 Å². The van der Waals surface area contributed by atoms with Crippen molar-refractivity contribution in [3.8, 4) is 11.4 Å². The molecule has 154 valence electrons. The lowest BCUT2D eigenvalue weighted by Crippen LogP contribution is -2.26. The summed E-state index contributed by atoms with van der Waals surface area (Å²) in [6.07, 6.45) is 1.53. The van der Waals surface area contributed by atoms with Gasteiger partial charge in [0, 0.05) is 37.7 Å². The van der Waals surface area contributed by atoms with Crippen molar-refractivity contribution in [3.05, 3.63) is 70.6 Å². The van der Waals surface area contributed by atoms with Crippen LogP contribution in [0.25, 0.3) is 11.4 Å². The maximum absolute atomic E-state index is 12.7. The summed E-state index contributed by atoms with van der Waals surface area (Å²) < 4.78 is 5.28. The zero-order chi connectivity index (χ0) is 21.1. The Kier molecular flexibility index (Phi) is 5.81. The highest BCUT2D eigenvalue weighted by Gasteiger charge is 2.21. The Labute approximate surface area is 179 Å². The molecule has 4 rings (SSSR count). The molecule has 1 saturated heterocycles. The molecule has 8 heteroatoms. The highest BCUT2D eigenvalue weighted by Crippen LogP contribution is 2.25. The average molecular weight is 425 g/mol. The number of hydrogen-bond acceptors (Lipinski definition) is 5. The second-order valence-electron chi connectivity index (χ2n) is 7.27. The van der Waals surface area contributed by atoms with Crippen LogP contribution in [-0.4, -0.2) is 45.3 Å². The molecule has 0 radical (unpaired) electrons. The van der Waals surface area contributed by atoms with Crippen LogP contribution in [-0.2, 0) is 17.9 Å². The summed E-state index contributed by atoms with van der Waals surface area (Å²) in [7, 11) is 1.68. The molecule has 7 nitrogen and oxygen atoms in total. The minimum atomic E-state index is -0.156. The summed E-state index contributed by atoms with van der Waals surface area (Å²) in [5, 5.41) is 4.49. The van der Waals surface area contributed by atoms with Crippen LogP contribution in [0, 0.1) is 0 Å². The highest BCUT2D eigenvalue weighted by atomic mass is 35.5. The minimum absolute atomic E-state index is 0.156. The van der Waals surface area contributed by atoms with Gasteiger partial charge in [-0.05, 0) is 36.2 Å². The number of rotatable bonds is 6. The predicted molar refractivity (Wildman–Crippen MR) is 112 cm³/mol. The summed E-state index contributed by atoms with van der Waals surface area (Å²) in [6.45, 7) is 1.55. The van der Waals surface area contributed by atoms with Crippen molar-refractivity contribution >= 4 is 23.4 Å². The molecule has 0 unspecified atom stereocenters.